The molecule has 0 radical (unpaired) electrons. The van der Waals surface area contributed by atoms with Crippen LogP contribution in [0.2, 0.25) is 0 Å². The van der Waals surface area contributed by atoms with Crippen LogP contribution in [0.3, 0.4) is 0 Å². The van der Waals surface area contributed by atoms with E-state index in [2.05, 4.69) is 194 Å². The molecule has 0 saturated heterocycles. The first-order valence-corrected chi connectivity index (χ1v) is 18.2. The average molecular weight is 673 g/mol. The van der Waals surface area contributed by atoms with Crippen molar-refractivity contribution in [3.63, 3.8) is 0 Å². The van der Waals surface area contributed by atoms with E-state index in [1.165, 1.54) is 76.6 Å². The van der Waals surface area contributed by atoms with Gasteiger partial charge in [-0.15, -0.1) is 0 Å². The van der Waals surface area contributed by atoms with Crippen molar-refractivity contribution in [1.82, 2.24) is 0 Å². The molecule has 1 aliphatic heterocycles. The molecule has 0 spiro atoms. The minimum absolute atomic E-state index is 0.878. The Morgan fingerprint density at radius 1 is 0.283 bits per heavy atom. The Kier molecular flexibility index (Phi) is 6.62. The van der Waals surface area contributed by atoms with E-state index in [0.717, 1.165) is 33.6 Å². The summed E-state index contributed by atoms with van der Waals surface area (Å²) in [5, 5.41) is 9.83. The van der Waals surface area contributed by atoms with E-state index in [1.54, 1.807) is 0 Å². The molecule has 53 heavy (non-hydrogen) atoms. The average Bonchev–Trinajstić information content (AvgIpc) is 3.23. The molecule has 0 unspecified atom stereocenters. The van der Waals surface area contributed by atoms with Crippen molar-refractivity contribution in [3.05, 3.63) is 194 Å². The van der Waals surface area contributed by atoms with Crippen molar-refractivity contribution < 1.29 is 4.74 Å². The van der Waals surface area contributed by atoms with Gasteiger partial charge in [0.1, 0.15) is 11.5 Å². The summed E-state index contributed by atoms with van der Waals surface area (Å²) in [6.45, 7) is 0. The van der Waals surface area contributed by atoms with Gasteiger partial charge in [0.25, 0.3) is 0 Å². The molecule has 1 heterocycles. The van der Waals surface area contributed by atoms with Gasteiger partial charge in [0.2, 0.25) is 0 Å². The lowest BCUT2D eigenvalue weighted by Crippen LogP contribution is -2.00. The number of rotatable bonds is 4. The summed E-state index contributed by atoms with van der Waals surface area (Å²) in [5.74, 6) is 1.78. The van der Waals surface area contributed by atoms with Crippen molar-refractivity contribution in [2.45, 2.75) is 0 Å². The van der Waals surface area contributed by atoms with Gasteiger partial charge in [-0.3, -0.25) is 0 Å². The molecule has 1 nitrogen and oxygen atoms in total. The summed E-state index contributed by atoms with van der Waals surface area (Å²) in [6.07, 6.45) is 0. The molecule has 1 heteroatoms. The maximum absolute atomic E-state index is 7.01. The molecule has 10 aromatic carbocycles. The van der Waals surface area contributed by atoms with Gasteiger partial charge in [-0.25, -0.2) is 0 Å². The van der Waals surface area contributed by atoms with Crippen molar-refractivity contribution in [1.29, 1.82) is 0 Å². The third-order valence-electron chi connectivity index (χ3n) is 11.0. The normalized spacial score (nSPS) is 11.9. The van der Waals surface area contributed by atoms with Gasteiger partial charge >= 0.3 is 0 Å². The van der Waals surface area contributed by atoms with Crippen molar-refractivity contribution in [2.75, 3.05) is 0 Å². The highest BCUT2D eigenvalue weighted by molar-refractivity contribution is 6.20. The Hall–Kier alpha value is -6.96. The molecule has 0 amide bonds. The van der Waals surface area contributed by atoms with Crippen LogP contribution < -0.4 is 4.74 Å². The number of fused-ring (bicyclic) bond motifs is 6. The van der Waals surface area contributed by atoms with E-state index in [1.807, 2.05) is 0 Å². The smallest absolute Gasteiger partial charge is 0.143 e. The molecule has 0 aliphatic carbocycles. The topological polar surface area (TPSA) is 9.23 Å². The fourth-order valence-corrected chi connectivity index (χ4v) is 8.51. The second-order valence-corrected chi connectivity index (χ2v) is 14.0. The fraction of sp³-hybridized carbons (Fsp3) is 0. The number of benzene rings is 10. The zero-order valence-corrected chi connectivity index (χ0v) is 28.9. The van der Waals surface area contributed by atoms with Crippen molar-refractivity contribution in [2.24, 2.45) is 0 Å². The van der Waals surface area contributed by atoms with Crippen LogP contribution in [0, 0.1) is 0 Å². The third kappa shape index (κ3) is 4.79. The molecule has 10 aromatic rings. The molecular weight excluding hydrogens is 641 g/mol. The van der Waals surface area contributed by atoms with Gasteiger partial charge in [-0.2, -0.15) is 0 Å². The molecule has 246 valence electrons. The van der Waals surface area contributed by atoms with Crippen LogP contribution in [0.25, 0.3) is 98.7 Å². The lowest BCUT2D eigenvalue weighted by Gasteiger charge is -2.25. The molecule has 0 N–H and O–H groups in total. The molecule has 0 atom stereocenters. The zero-order valence-electron chi connectivity index (χ0n) is 28.9. The highest BCUT2D eigenvalue weighted by Gasteiger charge is 2.25. The minimum atomic E-state index is 0.878. The van der Waals surface area contributed by atoms with Crippen LogP contribution >= 0.6 is 0 Å². The summed E-state index contributed by atoms with van der Waals surface area (Å²) in [7, 11) is 0. The Labute approximate surface area is 308 Å². The van der Waals surface area contributed by atoms with Crippen LogP contribution in [-0.2, 0) is 0 Å². The Balaban J connectivity index is 1.18. The minimum Gasteiger partial charge on any atom is -0.455 e. The van der Waals surface area contributed by atoms with Gasteiger partial charge in [-0.05, 0) is 125 Å². The van der Waals surface area contributed by atoms with Gasteiger partial charge < -0.3 is 4.74 Å². The van der Waals surface area contributed by atoms with E-state index in [9.17, 15) is 0 Å². The van der Waals surface area contributed by atoms with E-state index in [0.29, 0.717) is 0 Å². The molecule has 0 saturated carbocycles. The lowest BCUT2D eigenvalue weighted by atomic mass is 9.86. The summed E-state index contributed by atoms with van der Waals surface area (Å²) in [6, 6.07) is 70.5. The van der Waals surface area contributed by atoms with E-state index < -0.39 is 0 Å². The summed E-state index contributed by atoms with van der Waals surface area (Å²) < 4.78 is 7.01. The summed E-state index contributed by atoms with van der Waals surface area (Å²) in [5.41, 5.74) is 11.7. The first-order chi connectivity index (χ1) is 26.3. The van der Waals surface area contributed by atoms with E-state index in [4.69, 9.17) is 4.74 Å². The standard InChI is InChI=1S/C52H32O/c1-3-12-33(13-4-1)37-24-27-49-48(31-37)45-21-11-18-36-23-25-44(52(53-49)51(36)45)40-28-39(34-14-5-2-6-15-34)29-41(30-40)50-43-20-10-8-17-38(43)32-47-42-19-9-7-16-35(42)22-26-46(47)50/h1-32H. The molecular formula is C52H32O. The lowest BCUT2D eigenvalue weighted by molar-refractivity contribution is 0.489. The molecule has 11 rings (SSSR count). The van der Waals surface area contributed by atoms with E-state index in [-0.39, 0.29) is 0 Å². The van der Waals surface area contributed by atoms with Gasteiger partial charge in [0.15, 0.2) is 0 Å². The van der Waals surface area contributed by atoms with Crippen LogP contribution in [0.1, 0.15) is 0 Å². The maximum atomic E-state index is 7.01. The second-order valence-electron chi connectivity index (χ2n) is 14.0. The number of ether oxygens (including phenoxy) is 1. The van der Waals surface area contributed by atoms with Gasteiger partial charge in [-0.1, -0.05) is 152 Å². The molecule has 0 fully saturated rings. The Bertz CT molecular complexity index is 3070. The predicted octanol–water partition coefficient (Wildman–Crippen LogP) is 14.7. The van der Waals surface area contributed by atoms with Crippen LogP contribution in [-0.4, -0.2) is 0 Å². The first-order valence-electron chi connectivity index (χ1n) is 18.2. The SMILES string of the molecule is c1ccc(-c2cc(-c3ccc4cccc5c4c3Oc3ccc(-c4ccccc4)cc3-5)cc(-c3c4ccccc4cc4c3ccc3ccccc34)c2)cc1. The van der Waals surface area contributed by atoms with E-state index >= 15 is 0 Å². The highest BCUT2D eigenvalue weighted by atomic mass is 16.5. The Morgan fingerprint density at radius 3 is 1.77 bits per heavy atom. The third-order valence-corrected chi connectivity index (χ3v) is 11.0. The van der Waals surface area contributed by atoms with Crippen molar-refractivity contribution >= 4 is 43.1 Å². The zero-order chi connectivity index (χ0) is 34.9. The first kappa shape index (κ1) is 29.7. The fourth-order valence-electron chi connectivity index (χ4n) is 8.51. The van der Waals surface area contributed by atoms with Crippen LogP contribution in [0.4, 0.5) is 0 Å². The predicted molar refractivity (Wildman–Crippen MR) is 224 cm³/mol. The Morgan fingerprint density at radius 2 is 0.943 bits per heavy atom. The molecule has 0 bridgehead atoms. The monoisotopic (exact) mass is 672 g/mol. The summed E-state index contributed by atoms with van der Waals surface area (Å²) >= 11 is 0. The molecule has 0 aromatic heterocycles. The second kappa shape index (κ2) is 11.8. The van der Waals surface area contributed by atoms with Crippen LogP contribution in [0.15, 0.2) is 194 Å². The van der Waals surface area contributed by atoms with Crippen molar-refractivity contribution in [3.8, 4) is 67.1 Å². The molecule has 1 aliphatic rings. The highest BCUT2D eigenvalue weighted by Crippen LogP contribution is 2.52. The maximum Gasteiger partial charge on any atom is 0.143 e. The van der Waals surface area contributed by atoms with Gasteiger partial charge in [0, 0.05) is 16.5 Å². The summed E-state index contributed by atoms with van der Waals surface area (Å²) in [4.78, 5) is 0. The van der Waals surface area contributed by atoms with Crippen LogP contribution in [0.5, 0.6) is 11.5 Å². The quantitative estimate of drug-likeness (QED) is 0.134. The number of hydrogen-bond donors (Lipinski definition) is 0. The number of hydrogen-bond acceptors (Lipinski definition) is 1. The largest absolute Gasteiger partial charge is 0.455 e. The van der Waals surface area contributed by atoms with Gasteiger partial charge in [0.05, 0.1) is 0 Å².